The van der Waals surface area contributed by atoms with E-state index in [2.05, 4.69) is 13.8 Å². The number of ether oxygens (including phenoxy) is 1. The van der Waals surface area contributed by atoms with Crippen LogP contribution in [0.1, 0.15) is 72.1 Å². The number of aliphatic hydroxyl groups excluding tert-OH is 2. The van der Waals surface area contributed by atoms with E-state index in [0.29, 0.717) is 24.7 Å². The molecule has 166 valence electrons. The fourth-order valence-corrected chi connectivity index (χ4v) is 7.69. The summed E-state index contributed by atoms with van der Waals surface area (Å²) in [6.45, 7) is 5.36. The van der Waals surface area contributed by atoms with Crippen molar-refractivity contribution >= 4 is 17.5 Å². The minimum absolute atomic E-state index is 0.179. The molecule has 2 N–H and O–H groups in total. The molecule has 30 heavy (non-hydrogen) atoms. The van der Waals surface area contributed by atoms with Crippen molar-refractivity contribution in [3.05, 3.63) is 11.6 Å². The highest BCUT2D eigenvalue weighted by atomic mass is 16.6. The Morgan fingerprint density at radius 3 is 2.53 bits per heavy atom. The first-order valence-electron chi connectivity index (χ1n) is 11.4. The summed E-state index contributed by atoms with van der Waals surface area (Å²) in [6, 6.07) is 0. The van der Waals surface area contributed by atoms with Crippen molar-refractivity contribution in [3.8, 4) is 0 Å². The van der Waals surface area contributed by atoms with Crippen LogP contribution in [0.15, 0.2) is 11.6 Å². The van der Waals surface area contributed by atoms with Crippen molar-refractivity contribution < 1.29 is 29.3 Å². The van der Waals surface area contributed by atoms with Gasteiger partial charge in [-0.15, -0.1) is 0 Å². The molecule has 4 rings (SSSR count). The molecule has 0 aromatic rings. The highest BCUT2D eigenvalue weighted by Gasteiger charge is 2.68. The van der Waals surface area contributed by atoms with Crippen LogP contribution in [0.4, 0.5) is 0 Å². The topological polar surface area (TPSA) is 101 Å². The second-order valence-corrected chi connectivity index (χ2v) is 10.4. The summed E-state index contributed by atoms with van der Waals surface area (Å²) in [6.07, 6.45) is 6.02. The molecule has 0 aliphatic heterocycles. The zero-order valence-corrected chi connectivity index (χ0v) is 18.3. The van der Waals surface area contributed by atoms with Crippen LogP contribution in [-0.4, -0.2) is 46.1 Å². The Morgan fingerprint density at radius 1 is 1.17 bits per heavy atom. The van der Waals surface area contributed by atoms with Gasteiger partial charge in [0.15, 0.2) is 11.4 Å². The molecule has 0 heterocycles. The summed E-state index contributed by atoms with van der Waals surface area (Å²) >= 11 is 0. The first-order chi connectivity index (χ1) is 14.1. The fraction of sp³-hybridized carbons (Fsp3) is 0.792. The molecule has 0 radical (unpaired) electrons. The first-order valence-corrected chi connectivity index (χ1v) is 11.4. The van der Waals surface area contributed by atoms with Gasteiger partial charge in [0, 0.05) is 11.8 Å². The van der Waals surface area contributed by atoms with E-state index in [4.69, 9.17) is 4.74 Å². The lowest BCUT2D eigenvalue weighted by Crippen LogP contribution is -2.60. The SMILES string of the molecule is CCC(=O)O[C@]1(C(=O)CO)CC[C@H]2[C@@H]3CCC4=CC(=O)[C@@H](O)C[C@]4(C)[C@H]3CC[C@@]21C. The molecule has 4 aliphatic carbocycles. The van der Waals surface area contributed by atoms with Gasteiger partial charge in [0.25, 0.3) is 0 Å². The van der Waals surface area contributed by atoms with Crippen molar-refractivity contribution in [3.63, 3.8) is 0 Å². The van der Waals surface area contributed by atoms with Crippen LogP contribution in [-0.2, 0) is 19.1 Å². The van der Waals surface area contributed by atoms with Gasteiger partial charge in [0.2, 0.25) is 5.78 Å². The molecule has 0 unspecified atom stereocenters. The minimum Gasteiger partial charge on any atom is -0.450 e. The maximum atomic E-state index is 13.0. The quantitative estimate of drug-likeness (QED) is 0.681. The molecule has 0 spiro atoms. The Morgan fingerprint density at radius 2 is 1.87 bits per heavy atom. The molecule has 0 saturated heterocycles. The van der Waals surface area contributed by atoms with Gasteiger partial charge in [0.05, 0.1) is 0 Å². The highest BCUT2D eigenvalue weighted by Crippen LogP contribution is 2.68. The van der Waals surface area contributed by atoms with Gasteiger partial charge in [-0.05, 0) is 74.2 Å². The number of ketones is 2. The van der Waals surface area contributed by atoms with Gasteiger partial charge in [-0.3, -0.25) is 14.4 Å². The molecule has 7 atom stereocenters. The van der Waals surface area contributed by atoms with Gasteiger partial charge in [0.1, 0.15) is 12.7 Å². The minimum atomic E-state index is -1.25. The standard InChI is InChI=1S/C24H34O6/c1-4-21(29)30-24(20(28)13-25)10-8-17-15-6-5-14-11-18(26)19(27)12-22(14,2)16(15)7-9-23(17,24)3/h11,15-17,19,25,27H,4-10,12-13H2,1-3H3/t15-,16+,17+,19+,22+,23+,24+/m1/s1. The van der Waals surface area contributed by atoms with Crippen LogP contribution in [0.3, 0.4) is 0 Å². The summed E-state index contributed by atoms with van der Waals surface area (Å²) in [5.74, 6) is -0.0594. The average Bonchev–Trinajstić information content (AvgIpc) is 3.01. The molecule has 6 nitrogen and oxygen atoms in total. The van der Waals surface area contributed by atoms with Crippen molar-refractivity contribution in [2.24, 2.45) is 28.6 Å². The molecule has 0 aromatic carbocycles. The van der Waals surface area contributed by atoms with E-state index in [1.807, 2.05) is 0 Å². The van der Waals surface area contributed by atoms with Gasteiger partial charge < -0.3 is 14.9 Å². The predicted octanol–water partition coefficient (Wildman–Crippen LogP) is 2.74. The second kappa shape index (κ2) is 7.27. The van der Waals surface area contributed by atoms with E-state index < -0.39 is 29.7 Å². The number of esters is 1. The third kappa shape index (κ3) is 2.79. The largest absolute Gasteiger partial charge is 0.450 e. The molecule has 3 fully saturated rings. The Kier molecular flexibility index (Phi) is 5.25. The van der Waals surface area contributed by atoms with Crippen molar-refractivity contribution in [1.29, 1.82) is 0 Å². The number of hydrogen-bond acceptors (Lipinski definition) is 6. The van der Waals surface area contributed by atoms with Crippen LogP contribution < -0.4 is 0 Å². The maximum Gasteiger partial charge on any atom is 0.306 e. The average molecular weight is 419 g/mol. The molecule has 0 bridgehead atoms. The third-order valence-electron chi connectivity index (χ3n) is 9.29. The molecule has 6 heteroatoms. The number of fused-ring (bicyclic) bond motifs is 5. The summed E-state index contributed by atoms with van der Waals surface area (Å²) in [4.78, 5) is 37.3. The summed E-state index contributed by atoms with van der Waals surface area (Å²) in [5.41, 5.74) is -0.789. The van der Waals surface area contributed by atoms with E-state index >= 15 is 0 Å². The molecule has 3 saturated carbocycles. The number of carbonyl (C=O) groups is 3. The molecule has 0 amide bonds. The zero-order valence-electron chi connectivity index (χ0n) is 18.3. The van der Waals surface area contributed by atoms with Crippen molar-refractivity contribution in [1.82, 2.24) is 0 Å². The smallest absolute Gasteiger partial charge is 0.306 e. The fourth-order valence-electron chi connectivity index (χ4n) is 7.69. The van der Waals surface area contributed by atoms with Crippen LogP contribution in [0.2, 0.25) is 0 Å². The highest BCUT2D eigenvalue weighted by molar-refractivity contribution is 5.95. The molecule has 4 aliphatic rings. The van der Waals surface area contributed by atoms with Crippen LogP contribution in [0, 0.1) is 28.6 Å². The summed E-state index contributed by atoms with van der Waals surface area (Å²) < 4.78 is 5.87. The zero-order chi connectivity index (χ0) is 21.9. The molecular weight excluding hydrogens is 384 g/mol. The van der Waals surface area contributed by atoms with E-state index in [0.717, 1.165) is 37.7 Å². The first kappa shape index (κ1) is 21.7. The number of hydrogen-bond donors (Lipinski definition) is 2. The van der Waals surface area contributed by atoms with Gasteiger partial charge in [-0.25, -0.2) is 0 Å². The van der Waals surface area contributed by atoms with Crippen molar-refractivity contribution in [2.75, 3.05) is 6.61 Å². The normalized spacial score (nSPS) is 45.1. The second-order valence-electron chi connectivity index (χ2n) is 10.4. The van der Waals surface area contributed by atoms with Gasteiger partial charge in [-0.1, -0.05) is 26.3 Å². The number of aliphatic hydroxyl groups is 2. The van der Waals surface area contributed by atoms with Gasteiger partial charge in [-0.2, -0.15) is 0 Å². The lowest BCUT2D eigenvalue weighted by atomic mass is 9.46. The number of carbonyl (C=O) groups excluding carboxylic acids is 3. The number of rotatable bonds is 4. The van der Waals surface area contributed by atoms with Crippen LogP contribution in [0.25, 0.3) is 0 Å². The van der Waals surface area contributed by atoms with Crippen LogP contribution in [0.5, 0.6) is 0 Å². The number of Topliss-reactive ketones (excluding diaryl/α,β-unsaturated/α-hetero) is 1. The Balaban J connectivity index is 1.70. The maximum absolute atomic E-state index is 13.0. The predicted molar refractivity (Wildman–Crippen MR) is 109 cm³/mol. The lowest BCUT2D eigenvalue weighted by molar-refractivity contribution is -0.191. The van der Waals surface area contributed by atoms with Crippen LogP contribution >= 0.6 is 0 Å². The summed E-state index contributed by atoms with van der Waals surface area (Å²) in [5, 5.41) is 20.0. The molecule has 0 aromatic heterocycles. The van der Waals surface area contributed by atoms with Gasteiger partial charge >= 0.3 is 5.97 Å². The Hall–Kier alpha value is -1.53. The van der Waals surface area contributed by atoms with Crippen molar-refractivity contribution in [2.45, 2.75) is 83.8 Å². The Labute approximate surface area is 178 Å². The number of allylic oxidation sites excluding steroid dienone is 1. The summed E-state index contributed by atoms with van der Waals surface area (Å²) in [7, 11) is 0. The lowest BCUT2D eigenvalue weighted by Gasteiger charge is -2.59. The third-order valence-corrected chi connectivity index (χ3v) is 9.29. The monoisotopic (exact) mass is 418 g/mol. The molecular formula is C24H34O6. The van der Waals surface area contributed by atoms with E-state index in [1.54, 1.807) is 13.0 Å². The van der Waals surface area contributed by atoms with E-state index in [9.17, 15) is 24.6 Å². The Bertz CT molecular complexity index is 802. The van der Waals surface area contributed by atoms with E-state index in [1.165, 1.54) is 0 Å². The van der Waals surface area contributed by atoms with E-state index in [-0.39, 0.29) is 29.3 Å².